The molecule has 2 N–H and O–H groups in total. The Labute approximate surface area is 124 Å². The number of aliphatic hydroxyl groups is 1. The van der Waals surface area contributed by atoms with Gasteiger partial charge in [-0.25, -0.2) is 0 Å². The zero-order chi connectivity index (χ0) is 15.0. The van der Waals surface area contributed by atoms with Gasteiger partial charge in [-0.1, -0.05) is 51.5 Å². The number of rotatable bonds is 9. The Hall–Kier alpha value is -0.860. The summed E-state index contributed by atoms with van der Waals surface area (Å²) in [7, 11) is 0. The molecule has 1 aromatic carbocycles. The molecule has 0 fully saturated rings. The summed E-state index contributed by atoms with van der Waals surface area (Å²) in [6, 6.07) is 9.67. The zero-order valence-electron chi connectivity index (χ0n) is 13.5. The average molecular weight is 277 g/mol. The first-order valence-corrected chi connectivity index (χ1v) is 8.04. The van der Waals surface area contributed by atoms with Gasteiger partial charge in [0.25, 0.3) is 0 Å². The van der Waals surface area contributed by atoms with Crippen LogP contribution in [0.5, 0.6) is 0 Å². The normalized spacial score (nSPS) is 14.5. The molecule has 0 aliphatic rings. The molecule has 2 nitrogen and oxygen atoms in total. The van der Waals surface area contributed by atoms with Crippen molar-refractivity contribution in [3.63, 3.8) is 0 Å². The number of aryl methyl sites for hydroxylation is 1. The molecule has 0 bridgehead atoms. The van der Waals surface area contributed by atoms with Gasteiger partial charge in [-0.15, -0.1) is 0 Å². The maximum absolute atomic E-state index is 9.15. The molecule has 0 aliphatic heterocycles. The van der Waals surface area contributed by atoms with Crippen molar-refractivity contribution in [1.82, 2.24) is 5.32 Å². The van der Waals surface area contributed by atoms with Gasteiger partial charge in [-0.3, -0.25) is 0 Å². The Balaban J connectivity index is 2.59. The fraction of sp³-hybridized carbons (Fsp3) is 0.667. The van der Waals surface area contributed by atoms with Gasteiger partial charge in [0.15, 0.2) is 0 Å². The highest BCUT2D eigenvalue weighted by atomic mass is 16.3. The zero-order valence-corrected chi connectivity index (χ0v) is 13.5. The van der Waals surface area contributed by atoms with Gasteiger partial charge >= 0.3 is 0 Å². The van der Waals surface area contributed by atoms with E-state index in [1.807, 2.05) is 0 Å². The molecule has 0 heterocycles. The van der Waals surface area contributed by atoms with Crippen LogP contribution in [0.15, 0.2) is 24.3 Å². The van der Waals surface area contributed by atoms with Crippen LogP contribution in [0, 0.1) is 5.92 Å². The van der Waals surface area contributed by atoms with E-state index in [4.69, 9.17) is 5.11 Å². The highest BCUT2D eigenvalue weighted by Crippen LogP contribution is 2.18. The molecule has 20 heavy (non-hydrogen) atoms. The van der Waals surface area contributed by atoms with Crippen molar-refractivity contribution in [2.24, 2.45) is 5.92 Å². The topological polar surface area (TPSA) is 32.3 Å². The van der Waals surface area contributed by atoms with Crippen molar-refractivity contribution in [2.75, 3.05) is 6.61 Å². The van der Waals surface area contributed by atoms with E-state index in [2.05, 4.69) is 57.3 Å². The lowest BCUT2D eigenvalue weighted by Gasteiger charge is -2.26. The Kier molecular flexibility index (Phi) is 7.86. The molecule has 0 spiro atoms. The third-order valence-electron chi connectivity index (χ3n) is 4.01. The summed E-state index contributed by atoms with van der Waals surface area (Å²) in [5, 5.41) is 12.8. The predicted molar refractivity (Wildman–Crippen MR) is 86.9 cm³/mol. The van der Waals surface area contributed by atoms with Crippen molar-refractivity contribution in [3.05, 3.63) is 35.4 Å². The van der Waals surface area contributed by atoms with Crippen LogP contribution >= 0.6 is 0 Å². The van der Waals surface area contributed by atoms with Crippen LogP contribution in [0.2, 0.25) is 0 Å². The van der Waals surface area contributed by atoms with Crippen LogP contribution < -0.4 is 5.32 Å². The van der Waals surface area contributed by atoms with Crippen molar-refractivity contribution >= 4 is 0 Å². The molecule has 0 radical (unpaired) electrons. The number of unbranched alkanes of at least 4 members (excludes halogenated alkanes) is 1. The quantitative estimate of drug-likeness (QED) is 0.712. The number of nitrogens with one attached hydrogen (secondary N) is 1. The first-order valence-electron chi connectivity index (χ1n) is 8.04. The number of hydrogen-bond donors (Lipinski definition) is 2. The van der Waals surface area contributed by atoms with Crippen molar-refractivity contribution in [2.45, 2.75) is 65.5 Å². The summed E-state index contributed by atoms with van der Waals surface area (Å²) in [6.45, 7) is 9.09. The molecule has 2 heteroatoms. The molecule has 0 aliphatic carbocycles. The molecule has 2 atom stereocenters. The Morgan fingerprint density at radius 1 is 1.10 bits per heavy atom. The highest BCUT2D eigenvalue weighted by molar-refractivity contribution is 5.25. The molecule has 0 saturated heterocycles. The van der Waals surface area contributed by atoms with Gasteiger partial charge < -0.3 is 10.4 Å². The maximum Gasteiger partial charge on any atom is 0.0445 e. The highest BCUT2D eigenvalue weighted by Gasteiger charge is 2.16. The largest absolute Gasteiger partial charge is 0.396 e. The van der Waals surface area contributed by atoms with Gasteiger partial charge in [0.2, 0.25) is 0 Å². The number of hydrogen-bond acceptors (Lipinski definition) is 2. The van der Waals surface area contributed by atoms with Crippen molar-refractivity contribution in [1.29, 1.82) is 0 Å². The van der Waals surface area contributed by atoms with E-state index < -0.39 is 0 Å². The van der Waals surface area contributed by atoms with Crippen molar-refractivity contribution in [3.8, 4) is 0 Å². The molecule has 0 amide bonds. The van der Waals surface area contributed by atoms with E-state index in [-0.39, 0.29) is 6.61 Å². The third-order valence-corrected chi connectivity index (χ3v) is 4.01. The van der Waals surface area contributed by atoms with Gasteiger partial charge in [-0.05, 0) is 43.2 Å². The molecule has 0 aromatic heterocycles. The molecule has 2 unspecified atom stereocenters. The smallest absolute Gasteiger partial charge is 0.0445 e. The lowest BCUT2D eigenvalue weighted by Crippen LogP contribution is -2.36. The van der Waals surface area contributed by atoms with Crippen LogP contribution in [-0.2, 0) is 6.42 Å². The standard InChI is InChI=1S/C18H31NO/c1-5-6-7-16-8-10-17(11-9-16)15(4)19-18(12-13-20)14(2)3/h8-11,14-15,18-20H,5-7,12-13H2,1-4H3. The fourth-order valence-corrected chi connectivity index (χ4v) is 2.52. The molecule has 1 aromatic rings. The van der Waals surface area contributed by atoms with Gasteiger partial charge in [0.05, 0.1) is 0 Å². The lowest BCUT2D eigenvalue weighted by atomic mass is 9.98. The van der Waals surface area contributed by atoms with Crippen LogP contribution in [0.3, 0.4) is 0 Å². The Bertz CT molecular complexity index is 358. The van der Waals surface area contributed by atoms with Gasteiger partial charge in [0, 0.05) is 18.7 Å². The monoisotopic (exact) mass is 277 g/mol. The van der Waals surface area contributed by atoms with Gasteiger partial charge in [-0.2, -0.15) is 0 Å². The first-order chi connectivity index (χ1) is 9.58. The molecule has 0 saturated carbocycles. The Morgan fingerprint density at radius 3 is 2.25 bits per heavy atom. The van der Waals surface area contributed by atoms with E-state index >= 15 is 0 Å². The van der Waals surface area contributed by atoms with E-state index in [0.717, 1.165) is 6.42 Å². The second-order valence-electron chi connectivity index (χ2n) is 6.10. The average Bonchev–Trinajstić information content (AvgIpc) is 2.45. The summed E-state index contributed by atoms with van der Waals surface area (Å²) in [5.74, 6) is 0.536. The molecule has 1 rings (SSSR count). The van der Waals surface area contributed by atoms with Crippen LogP contribution in [0.4, 0.5) is 0 Å². The molecular weight excluding hydrogens is 246 g/mol. The summed E-state index contributed by atoms with van der Waals surface area (Å²) < 4.78 is 0. The summed E-state index contributed by atoms with van der Waals surface area (Å²) in [6.07, 6.45) is 4.50. The van der Waals surface area contributed by atoms with E-state index in [1.54, 1.807) is 0 Å². The Morgan fingerprint density at radius 2 is 1.75 bits per heavy atom. The summed E-state index contributed by atoms with van der Waals surface area (Å²) in [5.41, 5.74) is 2.76. The second-order valence-corrected chi connectivity index (χ2v) is 6.10. The minimum atomic E-state index is 0.249. The first kappa shape index (κ1) is 17.2. The SMILES string of the molecule is CCCCc1ccc(C(C)NC(CCO)C(C)C)cc1. The predicted octanol–water partition coefficient (Wildman–Crippen LogP) is 4.09. The summed E-state index contributed by atoms with van der Waals surface area (Å²) >= 11 is 0. The van der Waals surface area contributed by atoms with Crippen molar-refractivity contribution < 1.29 is 5.11 Å². The minimum Gasteiger partial charge on any atom is -0.396 e. The van der Waals surface area contributed by atoms with Crippen LogP contribution in [0.25, 0.3) is 0 Å². The van der Waals surface area contributed by atoms with E-state index in [1.165, 1.54) is 30.4 Å². The molecular formula is C18H31NO. The fourth-order valence-electron chi connectivity index (χ4n) is 2.52. The summed E-state index contributed by atoms with van der Waals surface area (Å²) in [4.78, 5) is 0. The lowest BCUT2D eigenvalue weighted by molar-refractivity contribution is 0.237. The van der Waals surface area contributed by atoms with E-state index in [0.29, 0.717) is 18.0 Å². The van der Waals surface area contributed by atoms with E-state index in [9.17, 15) is 0 Å². The number of benzene rings is 1. The van der Waals surface area contributed by atoms with Gasteiger partial charge in [0.1, 0.15) is 0 Å². The minimum absolute atomic E-state index is 0.249. The number of aliphatic hydroxyl groups excluding tert-OH is 1. The third kappa shape index (κ3) is 5.64. The maximum atomic E-state index is 9.15. The van der Waals surface area contributed by atoms with Crippen LogP contribution in [0.1, 0.15) is 64.1 Å². The van der Waals surface area contributed by atoms with Crippen LogP contribution in [-0.4, -0.2) is 17.8 Å². The molecule has 114 valence electrons. The second kappa shape index (κ2) is 9.15.